The quantitative estimate of drug-likeness (QED) is 0.870. The van der Waals surface area contributed by atoms with Crippen LogP contribution in [0.1, 0.15) is 34.2 Å². The fourth-order valence-electron chi connectivity index (χ4n) is 2.60. The average molecular weight is 353 g/mol. The number of benzene rings is 1. The zero-order valence-corrected chi connectivity index (χ0v) is 13.1. The molecule has 1 aromatic carbocycles. The number of rotatable bonds is 2. The van der Waals surface area contributed by atoms with E-state index in [1.807, 2.05) is 5.32 Å². The second-order valence-electron chi connectivity index (χ2n) is 6.00. The third-order valence-corrected chi connectivity index (χ3v) is 4.22. The molecule has 1 unspecified atom stereocenters. The number of ketones is 1. The van der Waals surface area contributed by atoms with Gasteiger partial charge in [-0.2, -0.15) is 13.2 Å². The summed E-state index contributed by atoms with van der Waals surface area (Å²) in [6, 6.07) is 5.87. The Balaban J connectivity index is 1.87. The van der Waals surface area contributed by atoms with Crippen molar-refractivity contribution < 1.29 is 32.3 Å². The molecular weight excluding hydrogens is 339 g/mol. The number of nitrogens with one attached hydrogen (secondary N) is 1. The maximum atomic E-state index is 12.7. The molecule has 25 heavy (non-hydrogen) atoms. The number of alkyl halides is 3. The zero-order valence-electron chi connectivity index (χ0n) is 13.1. The highest BCUT2D eigenvalue weighted by Crippen LogP contribution is 2.32. The summed E-state index contributed by atoms with van der Waals surface area (Å²) < 4.78 is 43.3. The number of carbonyl (C=O) groups is 2. The van der Waals surface area contributed by atoms with Crippen LogP contribution in [0.25, 0.3) is 0 Å². The van der Waals surface area contributed by atoms with Gasteiger partial charge in [-0.3, -0.25) is 9.59 Å². The molecule has 0 saturated heterocycles. The number of hydrogen-bond donors (Lipinski definition) is 2. The lowest BCUT2D eigenvalue weighted by Gasteiger charge is -2.25. The van der Waals surface area contributed by atoms with Gasteiger partial charge >= 0.3 is 6.18 Å². The zero-order chi connectivity index (χ0) is 18.4. The molecule has 0 aliphatic heterocycles. The van der Waals surface area contributed by atoms with Crippen LogP contribution in [0.15, 0.2) is 34.9 Å². The van der Waals surface area contributed by atoms with E-state index in [2.05, 4.69) is 0 Å². The van der Waals surface area contributed by atoms with Crippen LogP contribution in [0.5, 0.6) is 0 Å². The number of carbonyl (C=O) groups excluding carboxylic acids is 2. The van der Waals surface area contributed by atoms with Gasteiger partial charge in [0.05, 0.1) is 6.26 Å². The number of amides is 1. The smallest absolute Gasteiger partial charge is 0.426 e. The van der Waals surface area contributed by atoms with Crippen molar-refractivity contribution in [3.63, 3.8) is 0 Å². The van der Waals surface area contributed by atoms with Gasteiger partial charge in [-0.15, -0.1) is 0 Å². The van der Waals surface area contributed by atoms with Crippen molar-refractivity contribution in [1.29, 1.82) is 0 Å². The normalized spacial score (nSPS) is 16.4. The van der Waals surface area contributed by atoms with E-state index in [4.69, 9.17) is 4.42 Å². The second kappa shape index (κ2) is 5.73. The van der Waals surface area contributed by atoms with E-state index in [-0.39, 0.29) is 17.2 Å². The Morgan fingerprint density at radius 3 is 2.56 bits per heavy atom. The number of furan rings is 1. The van der Waals surface area contributed by atoms with E-state index in [0.717, 1.165) is 5.56 Å². The number of anilines is 1. The summed E-state index contributed by atoms with van der Waals surface area (Å²) in [6.45, 7) is 0.382. The molecule has 1 aromatic heterocycles. The minimum atomic E-state index is -5.10. The third kappa shape index (κ3) is 2.93. The fraction of sp³-hybridized carbons (Fsp3) is 0.294. The fourth-order valence-corrected chi connectivity index (χ4v) is 2.60. The summed E-state index contributed by atoms with van der Waals surface area (Å²) >= 11 is 0. The third-order valence-electron chi connectivity index (χ3n) is 4.22. The first kappa shape index (κ1) is 17.2. The highest BCUT2D eigenvalue weighted by Gasteiger charge is 2.55. The summed E-state index contributed by atoms with van der Waals surface area (Å²) in [6.07, 6.45) is -2.68. The predicted molar refractivity (Wildman–Crippen MR) is 81.3 cm³/mol. The molecule has 2 aromatic rings. The van der Waals surface area contributed by atoms with Gasteiger partial charge in [0.15, 0.2) is 5.76 Å². The van der Waals surface area contributed by atoms with Crippen LogP contribution in [-0.4, -0.2) is 28.6 Å². The van der Waals surface area contributed by atoms with Crippen LogP contribution in [0, 0.1) is 0 Å². The van der Waals surface area contributed by atoms with Gasteiger partial charge in [0.1, 0.15) is 0 Å². The first-order chi connectivity index (χ1) is 11.6. The first-order valence-electron chi connectivity index (χ1n) is 7.46. The van der Waals surface area contributed by atoms with Crippen molar-refractivity contribution in [1.82, 2.24) is 0 Å². The number of fused-ring (bicyclic) bond motifs is 2. The molecule has 0 bridgehead atoms. The second-order valence-corrected chi connectivity index (χ2v) is 6.00. The SMILES string of the molecule is CC(O)(C(=O)Nc1ccc2c(c1)CCc1ccoc1C2=O)C(F)(F)F. The first-order valence-corrected chi connectivity index (χ1v) is 7.46. The Morgan fingerprint density at radius 2 is 1.88 bits per heavy atom. The van der Waals surface area contributed by atoms with Crippen LogP contribution < -0.4 is 5.32 Å². The molecule has 5 nitrogen and oxygen atoms in total. The summed E-state index contributed by atoms with van der Waals surface area (Å²) in [4.78, 5) is 24.2. The molecule has 1 aliphatic carbocycles. The summed E-state index contributed by atoms with van der Waals surface area (Å²) in [7, 11) is 0. The topological polar surface area (TPSA) is 79.5 Å². The van der Waals surface area contributed by atoms with E-state index in [9.17, 15) is 27.9 Å². The molecule has 1 amide bonds. The molecule has 132 valence electrons. The Bertz CT molecular complexity index is 852. The van der Waals surface area contributed by atoms with E-state index >= 15 is 0 Å². The maximum absolute atomic E-state index is 12.7. The van der Waals surface area contributed by atoms with Gasteiger partial charge in [0.25, 0.3) is 5.91 Å². The largest absolute Gasteiger partial charge is 0.461 e. The monoisotopic (exact) mass is 353 g/mol. The summed E-state index contributed by atoms with van der Waals surface area (Å²) in [5.74, 6) is -1.66. The summed E-state index contributed by atoms with van der Waals surface area (Å²) in [5, 5.41) is 11.4. The van der Waals surface area contributed by atoms with Crippen LogP contribution in [0.3, 0.4) is 0 Å². The average Bonchev–Trinajstić information content (AvgIpc) is 2.95. The molecule has 0 radical (unpaired) electrons. The highest BCUT2D eigenvalue weighted by molar-refractivity contribution is 6.10. The van der Waals surface area contributed by atoms with Gasteiger partial charge in [-0.05, 0) is 49.6 Å². The standard InChI is InChI=1S/C17H14F3NO4/c1-16(24,17(18,19)20)15(23)21-11-4-5-12-10(8-11)3-2-9-6-7-25-14(9)13(12)22/h4-8,24H,2-3H2,1H3,(H,21,23). The van der Waals surface area contributed by atoms with Crippen molar-refractivity contribution in [2.75, 3.05) is 5.32 Å². The lowest BCUT2D eigenvalue weighted by molar-refractivity contribution is -0.242. The predicted octanol–water partition coefficient (Wildman–Crippen LogP) is 2.86. The minimum absolute atomic E-state index is 0.0691. The molecule has 1 atom stereocenters. The lowest BCUT2D eigenvalue weighted by Crippen LogP contribution is -2.52. The van der Waals surface area contributed by atoms with E-state index < -0.39 is 17.7 Å². The van der Waals surface area contributed by atoms with E-state index in [1.54, 1.807) is 6.07 Å². The van der Waals surface area contributed by atoms with Crippen LogP contribution in [0.2, 0.25) is 0 Å². The lowest BCUT2D eigenvalue weighted by atomic mass is 10.0. The minimum Gasteiger partial charge on any atom is -0.461 e. The van der Waals surface area contributed by atoms with Crippen molar-refractivity contribution in [3.8, 4) is 0 Å². The molecule has 1 heterocycles. The van der Waals surface area contributed by atoms with Crippen LogP contribution >= 0.6 is 0 Å². The molecular formula is C17H14F3NO4. The maximum Gasteiger partial charge on any atom is 0.426 e. The van der Waals surface area contributed by atoms with E-state index in [1.165, 1.54) is 24.5 Å². The van der Waals surface area contributed by atoms with Gasteiger partial charge in [-0.25, -0.2) is 0 Å². The molecule has 1 aliphatic rings. The van der Waals surface area contributed by atoms with Crippen molar-refractivity contribution in [2.45, 2.75) is 31.5 Å². The number of halogens is 3. The molecule has 3 rings (SSSR count). The molecule has 0 saturated carbocycles. The Labute approximate surface area is 140 Å². The van der Waals surface area contributed by atoms with Crippen LogP contribution in [-0.2, 0) is 17.6 Å². The molecule has 0 fully saturated rings. The molecule has 0 spiro atoms. The van der Waals surface area contributed by atoms with Crippen molar-refractivity contribution in [3.05, 3.63) is 53.0 Å². The Kier molecular flexibility index (Phi) is 3.95. The Hall–Kier alpha value is -2.61. The number of hydrogen-bond acceptors (Lipinski definition) is 4. The van der Waals surface area contributed by atoms with Crippen molar-refractivity contribution >= 4 is 17.4 Å². The summed E-state index contributed by atoms with van der Waals surface area (Å²) in [5.41, 5.74) is -1.74. The van der Waals surface area contributed by atoms with Gasteiger partial charge in [0, 0.05) is 16.8 Å². The number of aliphatic hydroxyl groups is 1. The van der Waals surface area contributed by atoms with Gasteiger partial charge in [-0.1, -0.05) is 0 Å². The van der Waals surface area contributed by atoms with Gasteiger partial charge in [0.2, 0.25) is 11.4 Å². The highest BCUT2D eigenvalue weighted by atomic mass is 19.4. The number of aryl methyl sites for hydroxylation is 2. The van der Waals surface area contributed by atoms with Gasteiger partial charge < -0.3 is 14.8 Å². The van der Waals surface area contributed by atoms with E-state index in [0.29, 0.717) is 30.9 Å². The van der Waals surface area contributed by atoms with Crippen LogP contribution in [0.4, 0.5) is 18.9 Å². The molecule has 2 N–H and O–H groups in total. The Morgan fingerprint density at radius 1 is 1.20 bits per heavy atom. The van der Waals surface area contributed by atoms with Crippen molar-refractivity contribution in [2.24, 2.45) is 0 Å². The molecule has 8 heteroatoms.